The van der Waals surface area contributed by atoms with Crippen LogP contribution in [0.4, 0.5) is 4.79 Å². The Balaban J connectivity index is 3.40. The second-order valence-corrected chi connectivity index (χ2v) is 4.72. The highest BCUT2D eigenvalue weighted by atomic mass is 32.2. The molecule has 1 atom stereocenters. The lowest BCUT2D eigenvalue weighted by molar-refractivity contribution is -0.141. The topological polar surface area (TPSA) is 78.4 Å². The summed E-state index contributed by atoms with van der Waals surface area (Å²) in [5.74, 6) is 0.441. The number of aliphatic carboxylic acids is 1. The molecule has 3 N–H and O–H groups in total. The number of nitrogens with one attached hydrogen (secondary N) is 2. The monoisotopic (exact) mass is 260 g/mol. The number of hydrogen-bond acceptors (Lipinski definition) is 3. The summed E-state index contributed by atoms with van der Waals surface area (Å²) in [6.07, 6.45) is 2.26. The molecule has 0 spiro atoms. The number of carboxylic acids is 1. The molecule has 98 valence electrons. The lowest BCUT2D eigenvalue weighted by atomic mass is 10.1. The van der Waals surface area contributed by atoms with Crippen molar-refractivity contribution in [2.45, 2.75) is 13.3 Å². The van der Waals surface area contributed by atoms with Crippen molar-refractivity contribution in [2.75, 3.05) is 24.6 Å². The molecule has 0 aromatic heterocycles. The Kier molecular flexibility index (Phi) is 9.33. The van der Waals surface area contributed by atoms with Crippen molar-refractivity contribution in [1.29, 1.82) is 0 Å². The van der Waals surface area contributed by atoms with Crippen LogP contribution in [0.15, 0.2) is 12.7 Å². The molecule has 0 bridgehead atoms. The van der Waals surface area contributed by atoms with E-state index in [1.165, 1.54) is 0 Å². The van der Waals surface area contributed by atoms with Gasteiger partial charge in [-0.15, -0.1) is 6.58 Å². The highest BCUT2D eigenvalue weighted by Crippen LogP contribution is 1.99. The van der Waals surface area contributed by atoms with Gasteiger partial charge in [-0.2, -0.15) is 11.8 Å². The number of hydrogen-bond donors (Lipinski definition) is 3. The summed E-state index contributed by atoms with van der Waals surface area (Å²) in [6, 6.07) is -0.248. The first-order valence-electron chi connectivity index (χ1n) is 5.51. The first-order valence-corrected chi connectivity index (χ1v) is 6.66. The minimum atomic E-state index is -0.840. The fourth-order valence-corrected chi connectivity index (χ4v) is 1.57. The molecule has 0 saturated heterocycles. The van der Waals surface area contributed by atoms with Crippen molar-refractivity contribution in [3.8, 4) is 0 Å². The third-order valence-corrected chi connectivity index (χ3v) is 3.02. The highest BCUT2D eigenvalue weighted by molar-refractivity contribution is 7.99. The van der Waals surface area contributed by atoms with Crippen LogP contribution in [0.25, 0.3) is 0 Å². The second-order valence-electron chi connectivity index (χ2n) is 3.57. The second kappa shape index (κ2) is 10.0. The van der Waals surface area contributed by atoms with Gasteiger partial charge in [0.05, 0.1) is 5.92 Å². The molecule has 2 amide bonds. The van der Waals surface area contributed by atoms with Gasteiger partial charge >= 0.3 is 12.0 Å². The van der Waals surface area contributed by atoms with Gasteiger partial charge in [0.25, 0.3) is 0 Å². The average Bonchev–Trinajstić information content (AvgIpc) is 2.28. The molecular formula is C11H20N2O3S. The smallest absolute Gasteiger partial charge is 0.314 e. The normalized spacial score (nSPS) is 11.6. The Bertz CT molecular complexity index is 259. The molecule has 17 heavy (non-hydrogen) atoms. The van der Waals surface area contributed by atoms with Crippen molar-refractivity contribution in [1.82, 2.24) is 10.6 Å². The van der Waals surface area contributed by atoms with Crippen LogP contribution in [0.1, 0.15) is 13.3 Å². The van der Waals surface area contributed by atoms with Gasteiger partial charge in [-0.3, -0.25) is 4.79 Å². The van der Waals surface area contributed by atoms with Crippen LogP contribution in [-0.4, -0.2) is 41.7 Å². The Labute approximate surface area is 106 Å². The largest absolute Gasteiger partial charge is 0.481 e. The quantitative estimate of drug-likeness (QED) is 0.431. The standard InChI is InChI=1S/C11H20N2O3S/c1-3-7-17-8-6-13-11(16)12-5-4-9(2)10(14)15/h3,9H,1,4-8H2,2H3,(H,14,15)(H2,12,13,16). The van der Waals surface area contributed by atoms with Gasteiger partial charge in [0, 0.05) is 24.6 Å². The van der Waals surface area contributed by atoms with E-state index in [4.69, 9.17) is 5.11 Å². The van der Waals surface area contributed by atoms with E-state index in [1.54, 1.807) is 18.7 Å². The van der Waals surface area contributed by atoms with Crippen molar-refractivity contribution in [3.05, 3.63) is 12.7 Å². The van der Waals surface area contributed by atoms with Crippen LogP contribution in [-0.2, 0) is 4.79 Å². The molecule has 5 nitrogen and oxygen atoms in total. The number of carboxylic acid groups (broad SMARTS) is 1. The minimum Gasteiger partial charge on any atom is -0.481 e. The molecule has 0 aliphatic carbocycles. The predicted octanol–water partition coefficient (Wildman–Crippen LogP) is 1.32. The van der Waals surface area contributed by atoms with Gasteiger partial charge in [0.1, 0.15) is 0 Å². The van der Waals surface area contributed by atoms with Crippen molar-refractivity contribution in [2.24, 2.45) is 5.92 Å². The van der Waals surface area contributed by atoms with Crippen molar-refractivity contribution < 1.29 is 14.7 Å². The maximum atomic E-state index is 11.2. The van der Waals surface area contributed by atoms with Gasteiger partial charge in [-0.25, -0.2) is 4.79 Å². The molecule has 0 aliphatic rings. The third kappa shape index (κ3) is 9.74. The summed E-state index contributed by atoms with van der Waals surface area (Å²) in [4.78, 5) is 21.7. The molecule has 0 rings (SSSR count). The van der Waals surface area contributed by atoms with E-state index in [0.29, 0.717) is 19.5 Å². The lowest BCUT2D eigenvalue weighted by Crippen LogP contribution is -2.37. The maximum Gasteiger partial charge on any atom is 0.314 e. The first-order chi connectivity index (χ1) is 8.07. The Morgan fingerprint density at radius 2 is 2.06 bits per heavy atom. The van der Waals surface area contributed by atoms with E-state index >= 15 is 0 Å². The van der Waals surface area contributed by atoms with Crippen LogP contribution in [0.3, 0.4) is 0 Å². The van der Waals surface area contributed by atoms with Gasteiger partial charge in [0.15, 0.2) is 0 Å². The number of amides is 2. The molecule has 0 heterocycles. The zero-order valence-electron chi connectivity index (χ0n) is 10.1. The van der Waals surface area contributed by atoms with Crippen LogP contribution in [0.2, 0.25) is 0 Å². The Morgan fingerprint density at radius 3 is 2.65 bits per heavy atom. The summed E-state index contributed by atoms with van der Waals surface area (Å²) in [7, 11) is 0. The molecule has 0 aromatic carbocycles. The van der Waals surface area contributed by atoms with Crippen LogP contribution in [0, 0.1) is 5.92 Å². The van der Waals surface area contributed by atoms with Crippen LogP contribution in [0.5, 0.6) is 0 Å². The Morgan fingerprint density at radius 1 is 1.41 bits per heavy atom. The fraction of sp³-hybridized carbons (Fsp3) is 0.636. The highest BCUT2D eigenvalue weighted by Gasteiger charge is 2.10. The number of rotatable bonds is 9. The number of thioether (sulfide) groups is 1. The van der Waals surface area contributed by atoms with E-state index in [2.05, 4.69) is 17.2 Å². The zero-order valence-corrected chi connectivity index (χ0v) is 10.9. The Hall–Kier alpha value is -1.17. The van der Waals surface area contributed by atoms with Gasteiger partial charge in [-0.1, -0.05) is 13.0 Å². The van der Waals surface area contributed by atoms with E-state index in [0.717, 1.165) is 11.5 Å². The number of carbonyl (C=O) groups excluding carboxylic acids is 1. The lowest BCUT2D eigenvalue weighted by Gasteiger charge is -2.09. The molecule has 1 unspecified atom stereocenters. The zero-order chi connectivity index (χ0) is 13.1. The van der Waals surface area contributed by atoms with Crippen molar-refractivity contribution >= 4 is 23.8 Å². The summed E-state index contributed by atoms with van der Waals surface area (Å²) >= 11 is 1.69. The van der Waals surface area contributed by atoms with E-state index in [1.807, 2.05) is 6.08 Å². The van der Waals surface area contributed by atoms with E-state index < -0.39 is 11.9 Å². The SMILES string of the molecule is C=CCSCCNC(=O)NCCC(C)C(=O)O. The molecule has 0 aliphatic heterocycles. The first kappa shape index (κ1) is 15.8. The summed E-state index contributed by atoms with van der Waals surface area (Å²) < 4.78 is 0. The summed E-state index contributed by atoms with van der Waals surface area (Å²) in [5.41, 5.74) is 0. The molecular weight excluding hydrogens is 240 g/mol. The number of urea groups is 1. The fourth-order valence-electron chi connectivity index (χ4n) is 0.992. The van der Waals surface area contributed by atoms with Gasteiger partial charge in [-0.05, 0) is 6.42 Å². The van der Waals surface area contributed by atoms with Gasteiger partial charge < -0.3 is 15.7 Å². The molecule has 0 saturated carbocycles. The van der Waals surface area contributed by atoms with Crippen LogP contribution >= 0.6 is 11.8 Å². The van der Waals surface area contributed by atoms with E-state index in [9.17, 15) is 9.59 Å². The van der Waals surface area contributed by atoms with Crippen molar-refractivity contribution in [3.63, 3.8) is 0 Å². The third-order valence-electron chi connectivity index (χ3n) is 2.05. The predicted molar refractivity (Wildman–Crippen MR) is 70.3 cm³/mol. The average molecular weight is 260 g/mol. The minimum absolute atomic E-state index is 0.248. The summed E-state index contributed by atoms with van der Waals surface area (Å²) in [6.45, 7) is 6.19. The van der Waals surface area contributed by atoms with Crippen LogP contribution < -0.4 is 10.6 Å². The molecule has 0 fully saturated rings. The number of carbonyl (C=O) groups is 2. The molecule has 0 radical (unpaired) electrons. The summed E-state index contributed by atoms with van der Waals surface area (Å²) in [5, 5.41) is 13.9. The molecule has 6 heteroatoms. The molecule has 0 aromatic rings. The van der Waals surface area contributed by atoms with Gasteiger partial charge in [0.2, 0.25) is 0 Å². The van der Waals surface area contributed by atoms with E-state index in [-0.39, 0.29) is 6.03 Å². The maximum absolute atomic E-state index is 11.2.